The summed E-state index contributed by atoms with van der Waals surface area (Å²) in [4.78, 5) is 11.8. The second-order valence-electron chi connectivity index (χ2n) is 5.00. The largest absolute Gasteiger partial charge is 0.354 e. The zero-order chi connectivity index (χ0) is 13.8. The lowest BCUT2D eigenvalue weighted by molar-refractivity contribution is -0.121. The number of carbonyl (C=O) groups excluding carboxylic acids is 1. The van der Waals surface area contributed by atoms with E-state index in [2.05, 4.69) is 30.3 Å². The van der Waals surface area contributed by atoms with E-state index < -0.39 is 0 Å². The van der Waals surface area contributed by atoms with Crippen LogP contribution in [0.15, 0.2) is 24.4 Å². The lowest BCUT2D eigenvalue weighted by Crippen LogP contribution is -2.32. The SMILES string of the molecule is CCC(C)NC(=O)CCn1ncc2c(C)cccc21. The predicted molar refractivity (Wildman–Crippen MR) is 77.0 cm³/mol. The summed E-state index contributed by atoms with van der Waals surface area (Å²) in [5, 5.41) is 8.49. The molecule has 1 unspecified atom stereocenters. The van der Waals surface area contributed by atoms with Gasteiger partial charge in [-0.05, 0) is 31.9 Å². The molecule has 19 heavy (non-hydrogen) atoms. The highest BCUT2D eigenvalue weighted by Crippen LogP contribution is 2.17. The van der Waals surface area contributed by atoms with Gasteiger partial charge >= 0.3 is 0 Å². The van der Waals surface area contributed by atoms with Crippen LogP contribution in [-0.2, 0) is 11.3 Å². The van der Waals surface area contributed by atoms with Crippen molar-refractivity contribution in [3.63, 3.8) is 0 Å². The number of hydrogen-bond donors (Lipinski definition) is 1. The Hall–Kier alpha value is -1.84. The molecule has 1 aromatic carbocycles. The first-order chi connectivity index (χ1) is 9.11. The van der Waals surface area contributed by atoms with Crippen LogP contribution in [0, 0.1) is 6.92 Å². The fraction of sp³-hybridized carbons (Fsp3) is 0.467. The number of rotatable bonds is 5. The third kappa shape index (κ3) is 3.13. The molecule has 0 saturated heterocycles. The second-order valence-corrected chi connectivity index (χ2v) is 5.00. The van der Waals surface area contributed by atoms with E-state index in [0.29, 0.717) is 13.0 Å². The van der Waals surface area contributed by atoms with Crippen molar-refractivity contribution in [2.45, 2.75) is 46.2 Å². The number of hydrogen-bond acceptors (Lipinski definition) is 2. The van der Waals surface area contributed by atoms with E-state index >= 15 is 0 Å². The molecular formula is C15H21N3O. The van der Waals surface area contributed by atoms with Gasteiger partial charge in [0.25, 0.3) is 0 Å². The highest BCUT2D eigenvalue weighted by atomic mass is 16.1. The molecule has 0 aliphatic rings. The van der Waals surface area contributed by atoms with Crippen molar-refractivity contribution >= 4 is 16.8 Å². The summed E-state index contributed by atoms with van der Waals surface area (Å²) in [6.07, 6.45) is 3.29. The smallest absolute Gasteiger partial charge is 0.222 e. The van der Waals surface area contributed by atoms with E-state index in [1.54, 1.807) is 0 Å². The number of aryl methyl sites for hydroxylation is 2. The van der Waals surface area contributed by atoms with Crippen molar-refractivity contribution in [1.82, 2.24) is 15.1 Å². The summed E-state index contributed by atoms with van der Waals surface area (Å²) in [7, 11) is 0. The first-order valence-electron chi connectivity index (χ1n) is 6.82. The van der Waals surface area contributed by atoms with Crippen LogP contribution < -0.4 is 5.32 Å². The Morgan fingerprint density at radius 3 is 3.00 bits per heavy atom. The molecule has 4 nitrogen and oxygen atoms in total. The van der Waals surface area contributed by atoms with Crippen LogP contribution in [-0.4, -0.2) is 21.7 Å². The Kier molecular flexibility index (Phi) is 4.20. The normalized spacial score (nSPS) is 12.6. The zero-order valence-corrected chi connectivity index (χ0v) is 11.8. The van der Waals surface area contributed by atoms with Crippen molar-refractivity contribution in [2.24, 2.45) is 0 Å². The van der Waals surface area contributed by atoms with Crippen molar-refractivity contribution in [3.05, 3.63) is 30.0 Å². The molecule has 0 aliphatic carbocycles. The maximum atomic E-state index is 11.8. The third-order valence-electron chi connectivity index (χ3n) is 3.48. The molecule has 2 aromatic rings. The fourth-order valence-electron chi connectivity index (χ4n) is 2.08. The Labute approximate surface area is 113 Å². The molecule has 0 radical (unpaired) electrons. The third-order valence-corrected chi connectivity index (χ3v) is 3.48. The molecule has 1 heterocycles. The zero-order valence-electron chi connectivity index (χ0n) is 11.8. The van der Waals surface area contributed by atoms with Gasteiger partial charge < -0.3 is 5.32 Å². The average Bonchev–Trinajstić information content (AvgIpc) is 2.81. The maximum Gasteiger partial charge on any atom is 0.222 e. The van der Waals surface area contributed by atoms with E-state index in [0.717, 1.165) is 17.3 Å². The predicted octanol–water partition coefficient (Wildman–Crippen LogP) is 2.65. The molecule has 4 heteroatoms. The maximum absolute atomic E-state index is 11.8. The van der Waals surface area contributed by atoms with E-state index in [1.165, 1.54) is 5.56 Å². The van der Waals surface area contributed by atoms with Gasteiger partial charge in [-0.15, -0.1) is 0 Å². The molecule has 0 saturated carbocycles. The van der Waals surface area contributed by atoms with Crippen molar-refractivity contribution in [2.75, 3.05) is 0 Å². The molecule has 2 rings (SSSR count). The van der Waals surface area contributed by atoms with Gasteiger partial charge in [0.15, 0.2) is 0 Å². The highest BCUT2D eigenvalue weighted by molar-refractivity contribution is 5.82. The molecule has 0 spiro atoms. The van der Waals surface area contributed by atoms with Crippen molar-refractivity contribution < 1.29 is 4.79 Å². The van der Waals surface area contributed by atoms with Gasteiger partial charge in [-0.2, -0.15) is 5.10 Å². The molecule has 1 N–H and O–H groups in total. The Balaban J connectivity index is 2.02. The van der Waals surface area contributed by atoms with Gasteiger partial charge in [0, 0.05) is 17.8 Å². The number of benzene rings is 1. The highest BCUT2D eigenvalue weighted by Gasteiger charge is 2.08. The van der Waals surface area contributed by atoms with E-state index in [-0.39, 0.29) is 11.9 Å². The number of nitrogens with zero attached hydrogens (tertiary/aromatic N) is 2. The molecule has 0 aliphatic heterocycles. The van der Waals surface area contributed by atoms with E-state index in [1.807, 2.05) is 29.9 Å². The number of amides is 1. The second kappa shape index (κ2) is 5.87. The summed E-state index contributed by atoms with van der Waals surface area (Å²) in [6, 6.07) is 6.38. The van der Waals surface area contributed by atoms with E-state index in [9.17, 15) is 4.79 Å². The van der Waals surface area contributed by atoms with Gasteiger partial charge in [-0.3, -0.25) is 9.48 Å². The molecule has 0 fully saturated rings. The number of carbonyl (C=O) groups is 1. The summed E-state index contributed by atoms with van der Waals surface area (Å²) in [5.74, 6) is 0.0886. The molecule has 1 aromatic heterocycles. The van der Waals surface area contributed by atoms with E-state index in [4.69, 9.17) is 0 Å². The fourth-order valence-corrected chi connectivity index (χ4v) is 2.08. The van der Waals surface area contributed by atoms with Gasteiger partial charge in [0.2, 0.25) is 5.91 Å². The van der Waals surface area contributed by atoms with Gasteiger partial charge in [-0.25, -0.2) is 0 Å². The van der Waals surface area contributed by atoms with Crippen LogP contribution in [0.2, 0.25) is 0 Å². The summed E-state index contributed by atoms with van der Waals surface area (Å²) >= 11 is 0. The molecule has 102 valence electrons. The van der Waals surface area contributed by atoms with Crippen molar-refractivity contribution in [1.29, 1.82) is 0 Å². The lowest BCUT2D eigenvalue weighted by Gasteiger charge is -2.11. The summed E-state index contributed by atoms with van der Waals surface area (Å²) in [6.45, 7) is 6.78. The molecule has 1 amide bonds. The minimum absolute atomic E-state index is 0.0886. The van der Waals surface area contributed by atoms with Crippen molar-refractivity contribution in [3.8, 4) is 0 Å². The van der Waals surface area contributed by atoms with Crippen LogP contribution in [0.5, 0.6) is 0 Å². The minimum atomic E-state index is 0.0886. The number of fused-ring (bicyclic) bond motifs is 1. The Morgan fingerprint density at radius 2 is 2.26 bits per heavy atom. The van der Waals surface area contributed by atoms with Gasteiger partial charge in [0.1, 0.15) is 0 Å². The van der Waals surface area contributed by atoms with Gasteiger partial charge in [0.05, 0.1) is 18.3 Å². The van der Waals surface area contributed by atoms with Crippen LogP contribution in [0.25, 0.3) is 10.9 Å². The lowest BCUT2D eigenvalue weighted by atomic mass is 10.1. The molecule has 1 atom stereocenters. The Bertz CT molecular complexity index is 574. The van der Waals surface area contributed by atoms with Gasteiger partial charge in [-0.1, -0.05) is 19.1 Å². The average molecular weight is 259 g/mol. The van der Waals surface area contributed by atoms with Crippen LogP contribution >= 0.6 is 0 Å². The van der Waals surface area contributed by atoms with Crippen LogP contribution in [0.4, 0.5) is 0 Å². The minimum Gasteiger partial charge on any atom is -0.354 e. The molecule has 0 bridgehead atoms. The Morgan fingerprint density at radius 1 is 1.47 bits per heavy atom. The standard InChI is InChI=1S/C15H21N3O/c1-4-12(3)17-15(19)8-9-18-14-7-5-6-11(2)13(14)10-16-18/h5-7,10,12H,4,8-9H2,1-3H3,(H,17,19). The first kappa shape index (κ1) is 13.6. The summed E-state index contributed by atoms with van der Waals surface area (Å²) in [5.41, 5.74) is 2.31. The summed E-state index contributed by atoms with van der Waals surface area (Å²) < 4.78 is 1.90. The monoisotopic (exact) mass is 259 g/mol. The number of aromatic nitrogens is 2. The van der Waals surface area contributed by atoms with Crippen LogP contribution in [0.1, 0.15) is 32.3 Å². The topological polar surface area (TPSA) is 46.9 Å². The first-order valence-corrected chi connectivity index (χ1v) is 6.82. The quantitative estimate of drug-likeness (QED) is 0.897. The number of nitrogens with one attached hydrogen (secondary N) is 1. The molecular weight excluding hydrogens is 238 g/mol. The van der Waals surface area contributed by atoms with Crippen LogP contribution in [0.3, 0.4) is 0 Å².